The summed E-state index contributed by atoms with van der Waals surface area (Å²) in [4.78, 5) is 0. The van der Waals surface area contributed by atoms with E-state index in [1.54, 1.807) is 18.2 Å². The molecule has 0 saturated heterocycles. The van der Waals surface area contributed by atoms with Gasteiger partial charge in [-0.15, -0.1) is 0 Å². The molecule has 0 radical (unpaired) electrons. The van der Waals surface area contributed by atoms with Crippen molar-refractivity contribution in [2.45, 2.75) is 0 Å². The fourth-order valence-electron chi connectivity index (χ4n) is 5.89. The van der Waals surface area contributed by atoms with Gasteiger partial charge in [0.05, 0.1) is 23.3 Å². The molecule has 200 valence electrons. The standard InChI is InChI=1S/C42H26O/c1-2-12-27(13-3-1)30-15-6-7-17-32(30)41-35-20-10-8-18-33(35)40(34-19-9-11-21-36(34)41)29-23-25-39-38(26-29)37-24-22-28-14-4-5-16-31(28)42(37)43-39/h1-26H/i1D,2D,3D,6D,7D,8D,9D,10D,11D,12D,13D,15D,17D,18D,19D,20D,21D. The summed E-state index contributed by atoms with van der Waals surface area (Å²) in [5, 5.41) is 1.73. The smallest absolute Gasteiger partial charge is 0.143 e. The molecule has 1 heterocycles. The van der Waals surface area contributed by atoms with Gasteiger partial charge in [-0.2, -0.15) is 0 Å². The van der Waals surface area contributed by atoms with Crippen LogP contribution in [0.15, 0.2) is 162 Å². The number of hydrogen-bond donors (Lipinski definition) is 0. The topological polar surface area (TPSA) is 13.1 Å². The molecule has 0 unspecified atom stereocenters. The molecule has 9 rings (SSSR count). The Bertz CT molecular complexity index is 3350. The van der Waals surface area contributed by atoms with Gasteiger partial charge < -0.3 is 4.42 Å². The fraction of sp³-hybridized carbons (Fsp3) is 0. The quantitative estimate of drug-likeness (QED) is 0.195. The van der Waals surface area contributed by atoms with E-state index in [1.807, 2.05) is 36.4 Å². The maximum atomic E-state index is 9.39. The Morgan fingerprint density at radius 3 is 1.79 bits per heavy atom. The minimum absolute atomic E-state index is 0.0371. The Morgan fingerprint density at radius 1 is 0.419 bits per heavy atom. The third-order valence-corrected chi connectivity index (χ3v) is 7.71. The molecule has 0 aliphatic carbocycles. The van der Waals surface area contributed by atoms with Crippen molar-refractivity contribution in [1.29, 1.82) is 0 Å². The van der Waals surface area contributed by atoms with Gasteiger partial charge in [0.15, 0.2) is 0 Å². The number of fused-ring (bicyclic) bond motifs is 7. The van der Waals surface area contributed by atoms with E-state index in [9.17, 15) is 6.85 Å². The van der Waals surface area contributed by atoms with Gasteiger partial charge in [-0.05, 0) is 78.5 Å². The molecule has 0 bridgehead atoms. The Hall–Kier alpha value is -5.66. The molecule has 0 aliphatic heterocycles. The highest BCUT2D eigenvalue weighted by Gasteiger charge is 2.19. The highest BCUT2D eigenvalue weighted by Crippen LogP contribution is 2.47. The van der Waals surface area contributed by atoms with Crippen molar-refractivity contribution in [3.8, 4) is 33.4 Å². The summed E-state index contributed by atoms with van der Waals surface area (Å²) >= 11 is 0. The highest BCUT2D eigenvalue weighted by atomic mass is 16.3. The second-order valence-corrected chi connectivity index (χ2v) is 9.98. The molecule has 8 aromatic carbocycles. The summed E-state index contributed by atoms with van der Waals surface area (Å²) in [5.74, 6) is 0. The molecule has 0 amide bonds. The van der Waals surface area contributed by atoms with Gasteiger partial charge >= 0.3 is 0 Å². The minimum atomic E-state index is -0.860. The molecule has 0 fully saturated rings. The Labute approximate surface area is 273 Å². The van der Waals surface area contributed by atoms with Crippen LogP contribution >= 0.6 is 0 Å². The molecular formula is C42H26O. The summed E-state index contributed by atoms with van der Waals surface area (Å²) in [5.41, 5.74) is -1.10. The summed E-state index contributed by atoms with van der Waals surface area (Å²) in [6.07, 6.45) is 0. The lowest BCUT2D eigenvalue weighted by Gasteiger charge is -2.19. The van der Waals surface area contributed by atoms with Crippen molar-refractivity contribution in [3.05, 3.63) is 157 Å². The van der Waals surface area contributed by atoms with E-state index in [2.05, 4.69) is 0 Å². The molecule has 0 aliphatic rings. The zero-order valence-electron chi connectivity index (χ0n) is 39.1. The van der Waals surface area contributed by atoms with Crippen LogP contribution in [0, 0.1) is 0 Å². The third kappa shape index (κ3) is 3.65. The molecule has 9 aromatic rings. The second-order valence-electron chi connectivity index (χ2n) is 9.98. The van der Waals surface area contributed by atoms with E-state index < -0.39 is 136 Å². The van der Waals surface area contributed by atoms with Crippen LogP contribution < -0.4 is 0 Å². The Balaban J connectivity index is 1.57. The van der Waals surface area contributed by atoms with Gasteiger partial charge in [-0.25, -0.2) is 0 Å². The van der Waals surface area contributed by atoms with Crippen LogP contribution in [0.1, 0.15) is 23.3 Å². The van der Waals surface area contributed by atoms with Crippen LogP contribution in [0.4, 0.5) is 0 Å². The molecule has 0 spiro atoms. The van der Waals surface area contributed by atoms with Gasteiger partial charge in [0.25, 0.3) is 0 Å². The van der Waals surface area contributed by atoms with Crippen LogP contribution in [0.3, 0.4) is 0 Å². The van der Waals surface area contributed by atoms with Gasteiger partial charge in [-0.1, -0.05) is 139 Å². The SMILES string of the molecule is [2H]c1c([2H])c([2H])c(-c2c([2H])c([2H])c([2H])c([2H])c2-c2c3c([2H])c([2H])c([2H])c([2H])c3c(-c3ccc4oc5c6ccccc6ccc5c4c3)c3c([2H])c([2H])c([2H])c([2H])c23)c([2H])c1[2H]. The predicted octanol–water partition coefficient (Wildman–Crippen LogP) is 12.0. The lowest BCUT2D eigenvalue weighted by molar-refractivity contribution is 0.672. The lowest BCUT2D eigenvalue weighted by atomic mass is 9.83. The molecule has 0 saturated carbocycles. The summed E-state index contributed by atoms with van der Waals surface area (Å²) in [6.45, 7) is 0. The molecule has 1 nitrogen and oxygen atoms in total. The largest absolute Gasteiger partial charge is 0.455 e. The number of benzene rings is 8. The molecule has 43 heavy (non-hydrogen) atoms. The van der Waals surface area contributed by atoms with Crippen LogP contribution in [-0.4, -0.2) is 0 Å². The summed E-state index contributed by atoms with van der Waals surface area (Å²) in [7, 11) is 0. The first-order valence-electron chi connectivity index (χ1n) is 21.9. The maximum absolute atomic E-state index is 9.39. The van der Waals surface area contributed by atoms with Crippen LogP contribution in [0.2, 0.25) is 0 Å². The zero-order valence-corrected chi connectivity index (χ0v) is 22.1. The Morgan fingerprint density at radius 2 is 1.05 bits per heavy atom. The van der Waals surface area contributed by atoms with E-state index in [1.165, 1.54) is 0 Å². The highest BCUT2D eigenvalue weighted by molar-refractivity contribution is 6.23. The van der Waals surface area contributed by atoms with Crippen molar-refractivity contribution in [1.82, 2.24) is 0 Å². The predicted molar refractivity (Wildman–Crippen MR) is 183 cm³/mol. The van der Waals surface area contributed by atoms with Crippen molar-refractivity contribution in [3.63, 3.8) is 0 Å². The van der Waals surface area contributed by atoms with E-state index in [0.717, 1.165) is 10.8 Å². The van der Waals surface area contributed by atoms with E-state index in [0.29, 0.717) is 21.9 Å². The third-order valence-electron chi connectivity index (χ3n) is 7.71. The summed E-state index contributed by atoms with van der Waals surface area (Å²) in [6, 6.07) is 3.12. The molecule has 0 atom stereocenters. The van der Waals surface area contributed by atoms with Crippen molar-refractivity contribution in [2.24, 2.45) is 0 Å². The average Bonchev–Trinajstić information content (AvgIpc) is 3.63. The van der Waals surface area contributed by atoms with Crippen LogP contribution in [0.25, 0.3) is 87.6 Å². The first-order chi connectivity index (χ1) is 28.4. The van der Waals surface area contributed by atoms with E-state index >= 15 is 0 Å². The van der Waals surface area contributed by atoms with Crippen LogP contribution in [0.5, 0.6) is 0 Å². The fourth-order valence-corrected chi connectivity index (χ4v) is 5.89. The van der Waals surface area contributed by atoms with Crippen molar-refractivity contribution >= 4 is 54.3 Å². The summed E-state index contributed by atoms with van der Waals surface area (Å²) < 4.78 is 158. The molecule has 1 aromatic heterocycles. The zero-order chi connectivity index (χ0) is 43.1. The Kier molecular flexibility index (Phi) is 2.79. The molecule has 0 N–H and O–H groups in total. The molecule has 1 heteroatoms. The van der Waals surface area contributed by atoms with E-state index in [4.69, 9.17) is 20.9 Å². The molecular weight excluding hydrogens is 520 g/mol. The normalized spacial score (nSPS) is 17.3. The monoisotopic (exact) mass is 563 g/mol. The van der Waals surface area contributed by atoms with Gasteiger partial charge in [0, 0.05) is 16.2 Å². The van der Waals surface area contributed by atoms with Gasteiger partial charge in [-0.3, -0.25) is 0 Å². The van der Waals surface area contributed by atoms with Crippen molar-refractivity contribution < 1.29 is 27.7 Å². The number of hydrogen-bond acceptors (Lipinski definition) is 1. The average molecular weight is 564 g/mol. The second kappa shape index (κ2) is 9.44. The van der Waals surface area contributed by atoms with Crippen LogP contribution in [-0.2, 0) is 0 Å². The number of furan rings is 1. The van der Waals surface area contributed by atoms with E-state index in [-0.39, 0.29) is 21.9 Å². The maximum Gasteiger partial charge on any atom is 0.143 e. The lowest BCUT2D eigenvalue weighted by Crippen LogP contribution is -1.92. The van der Waals surface area contributed by atoms with Gasteiger partial charge in [0.1, 0.15) is 11.2 Å². The van der Waals surface area contributed by atoms with Crippen molar-refractivity contribution in [2.75, 3.05) is 0 Å². The number of rotatable bonds is 3. The first-order valence-corrected chi connectivity index (χ1v) is 13.4. The first kappa shape index (κ1) is 12.7. The minimum Gasteiger partial charge on any atom is -0.455 e. The van der Waals surface area contributed by atoms with Gasteiger partial charge in [0.2, 0.25) is 0 Å².